The Kier molecular flexibility index (Phi) is 2.31. The second kappa shape index (κ2) is 3.62. The number of aromatic amines is 1. The Labute approximate surface area is 83.2 Å². The number of H-pyrrole nitrogens is 1. The van der Waals surface area contributed by atoms with Crippen molar-refractivity contribution in [3.63, 3.8) is 0 Å². The highest BCUT2D eigenvalue weighted by Gasteiger charge is 2.03. The van der Waals surface area contributed by atoms with Crippen LogP contribution >= 0.6 is 0 Å². The van der Waals surface area contributed by atoms with Crippen molar-refractivity contribution in [3.05, 3.63) is 35.8 Å². The van der Waals surface area contributed by atoms with E-state index in [1.54, 1.807) is 0 Å². The Balaban J connectivity index is 2.43. The van der Waals surface area contributed by atoms with Crippen molar-refractivity contribution in [2.75, 3.05) is 0 Å². The van der Waals surface area contributed by atoms with Gasteiger partial charge in [-0.3, -0.25) is 10.1 Å². The molecule has 14 heavy (non-hydrogen) atoms. The molecule has 0 radical (unpaired) electrons. The van der Waals surface area contributed by atoms with E-state index in [0.29, 0.717) is 0 Å². The van der Waals surface area contributed by atoms with Crippen molar-refractivity contribution in [3.8, 4) is 11.3 Å². The molecule has 1 N–H and O–H groups in total. The first-order chi connectivity index (χ1) is 6.81. The average molecular weight is 187 g/mol. The van der Waals surface area contributed by atoms with Crippen LogP contribution in [0.25, 0.3) is 11.3 Å². The number of hydrogen-bond donors (Lipinski definition) is 1. The predicted octanol–water partition coefficient (Wildman–Crippen LogP) is 2.34. The zero-order valence-corrected chi connectivity index (χ0v) is 8.41. The highest BCUT2D eigenvalue weighted by Crippen LogP contribution is 2.17. The van der Waals surface area contributed by atoms with E-state index in [2.05, 4.69) is 35.1 Å². The Morgan fingerprint density at radius 3 is 2.86 bits per heavy atom. The first kappa shape index (κ1) is 8.94. The lowest BCUT2D eigenvalue weighted by molar-refractivity contribution is 1.01. The number of pyridine rings is 1. The van der Waals surface area contributed by atoms with Crippen molar-refractivity contribution in [1.82, 2.24) is 15.2 Å². The van der Waals surface area contributed by atoms with Crippen molar-refractivity contribution in [1.29, 1.82) is 0 Å². The van der Waals surface area contributed by atoms with Gasteiger partial charge in [0.1, 0.15) is 0 Å². The molecule has 0 bridgehead atoms. The predicted molar refractivity (Wildman–Crippen MR) is 55.9 cm³/mol. The summed E-state index contributed by atoms with van der Waals surface area (Å²) in [7, 11) is 0. The average Bonchev–Trinajstić information content (AvgIpc) is 2.70. The number of nitrogens with zero attached hydrogens (tertiary/aromatic N) is 2. The Morgan fingerprint density at radius 2 is 2.29 bits per heavy atom. The maximum atomic E-state index is 4.40. The zero-order chi connectivity index (χ0) is 9.97. The van der Waals surface area contributed by atoms with Crippen LogP contribution in [0.4, 0.5) is 0 Å². The van der Waals surface area contributed by atoms with E-state index in [-0.39, 0.29) is 0 Å². The number of nitrogens with one attached hydrogen (secondary N) is 1. The molecule has 2 aromatic heterocycles. The molecule has 0 atom stereocenters. The first-order valence-electron chi connectivity index (χ1n) is 4.77. The number of hydrogen-bond acceptors (Lipinski definition) is 2. The minimum Gasteiger partial charge on any atom is -0.285 e. The van der Waals surface area contributed by atoms with E-state index in [0.717, 1.165) is 23.4 Å². The molecule has 3 heteroatoms. The molecule has 0 amide bonds. The van der Waals surface area contributed by atoms with E-state index >= 15 is 0 Å². The number of rotatable bonds is 2. The second-order valence-electron chi connectivity index (χ2n) is 3.30. The molecule has 0 aliphatic rings. The van der Waals surface area contributed by atoms with E-state index < -0.39 is 0 Å². The van der Waals surface area contributed by atoms with E-state index in [1.807, 2.05) is 18.5 Å². The van der Waals surface area contributed by atoms with Crippen LogP contribution in [0.15, 0.2) is 24.5 Å². The smallest absolute Gasteiger partial charge is 0.0936 e. The van der Waals surface area contributed by atoms with Crippen LogP contribution in [0.3, 0.4) is 0 Å². The molecule has 0 spiro atoms. The molecule has 0 saturated heterocycles. The van der Waals surface area contributed by atoms with E-state index in [9.17, 15) is 0 Å². The van der Waals surface area contributed by atoms with Crippen molar-refractivity contribution in [2.24, 2.45) is 0 Å². The van der Waals surface area contributed by atoms with Crippen LogP contribution in [-0.4, -0.2) is 15.2 Å². The standard InChI is InChI=1S/C11H13N3/c1-3-10-8(2)6-9(7-12-10)11-4-5-13-14-11/h4-7H,3H2,1-2H3,(H,13,14). The fourth-order valence-corrected chi connectivity index (χ4v) is 1.53. The molecule has 72 valence electrons. The van der Waals surface area contributed by atoms with Gasteiger partial charge in [0.15, 0.2) is 0 Å². The molecule has 2 rings (SSSR count). The quantitative estimate of drug-likeness (QED) is 0.784. The third-order valence-corrected chi connectivity index (χ3v) is 2.32. The van der Waals surface area contributed by atoms with Crippen LogP contribution in [0.1, 0.15) is 18.2 Å². The van der Waals surface area contributed by atoms with Crippen LogP contribution < -0.4 is 0 Å². The Hall–Kier alpha value is -1.64. The molecule has 3 nitrogen and oxygen atoms in total. The summed E-state index contributed by atoms with van der Waals surface area (Å²) in [6.45, 7) is 4.20. The summed E-state index contributed by atoms with van der Waals surface area (Å²) in [6.07, 6.45) is 4.67. The van der Waals surface area contributed by atoms with Crippen molar-refractivity contribution < 1.29 is 0 Å². The van der Waals surface area contributed by atoms with Crippen LogP contribution in [0.5, 0.6) is 0 Å². The fraction of sp³-hybridized carbons (Fsp3) is 0.273. The summed E-state index contributed by atoms with van der Waals surface area (Å²) >= 11 is 0. The molecular formula is C11H13N3. The van der Waals surface area contributed by atoms with Gasteiger partial charge in [0, 0.05) is 23.7 Å². The van der Waals surface area contributed by atoms with Gasteiger partial charge < -0.3 is 0 Å². The van der Waals surface area contributed by atoms with E-state index in [4.69, 9.17) is 0 Å². The summed E-state index contributed by atoms with van der Waals surface area (Å²) in [6, 6.07) is 4.07. The first-order valence-corrected chi connectivity index (χ1v) is 4.77. The van der Waals surface area contributed by atoms with Gasteiger partial charge in [-0.05, 0) is 31.0 Å². The monoisotopic (exact) mass is 187 g/mol. The molecular weight excluding hydrogens is 174 g/mol. The molecule has 2 aromatic rings. The topological polar surface area (TPSA) is 41.6 Å². The summed E-state index contributed by atoms with van der Waals surface area (Å²) in [5.41, 5.74) is 4.40. The summed E-state index contributed by atoms with van der Waals surface area (Å²) < 4.78 is 0. The maximum absolute atomic E-state index is 4.40. The Morgan fingerprint density at radius 1 is 1.43 bits per heavy atom. The molecule has 0 aliphatic heterocycles. The third-order valence-electron chi connectivity index (χ3n) is 2.32. The van der Waals surface area contributed by atoms with Gasteiger partial charge in [-0.2, -0.15) is 5.10 Å². The van der Waals surface area contributed by atoms with Gasteiger partial charge >= 0.3 is 0 Å². The highest BCUT2D eigenvalue weighted by molar-refractivity contribution is 5.58. The van der Waals surface area contributed by atoms with E-state index in [1.165, 1.54) is 5.56 Å². The van der Waals surface area contributed by atoms with Crippen LogP contribution in [-0.2, 0) is 6.42 Å². The Bertz CT molecular complexity index is 418. The molecule has 2 heterocycles. The van der Waals surface area contributed by atoms with Crippen LogP contribution in [0, 0.1) is 6.92 Å². The van der Waals surface area contributed by atoms with Crippen molar-refractivity contribution in [2.45, 2.75) is 20.3 Å². The maximum Gasteiger partial charge on any atom is 0.0936 e. The molecule has 0 aliphatic carbocycles. The minimum absolute atomic E-state index is 0.947. The summed E-state index contributed by atoms with van der Waals surface area (Å²) in [5, 5.41) is 6.92. The van der Waals surface area contributed by atoms with Gasteiger partial charge in [-0.25, -0.2) is 0 Å². The van der Waals surface area contributed by atoms with Gasteiger partial charge in [0.2, 0.25) is 0 Å². The third kappa shape index (κ3) is 1.53. The van der Waals surface area contributed by atoms with Gasteiger partial charge in [0.05, 0.1) is 5.69 Å². The molecule has 0 fully saturated rings. The summed E-state index contributed by atoms with van der Waals surface area (Å²) in [5.74, 6) is 0. The van der Waals surface area contributed by atoms with Crippen LogP contribution in [0.2, 0.25) is 0 Å². The number of aromatic nitrogens is 3. The summed E-state index contributed by atoms with van der Waals surface area (Å²) in [4.78, 5) is 4.40. The SMILES string of the molecule is CCc1ncc(-c2cc[nH]n2)cc1C. The lowest BCUT2D eigenvalue weighted by Gasteiger charge is -2.03. The largest absolute Gasteiger partial charge is 0.285 e. The molecule has 0 unspecified atom stereocenters. The normalized spacial score (nSPS) is 10.4. The molecule has 0 aromatic carbocycles. The fourth-order valence-electron chi connectivity index (χ4n) is 1.53. The van der Waals surface area contributed by atoms with Gasteiger partial charge in [-0.15, -0.1) is 0 Å². The van der Waals surface area contributed by atoms with Crippen molar-refractivity contribution >= 4 is 0 Å². The molecule has 0 saturated carbocycles. The lowest BCUT2D eigenvalue weighted by atomic mass is 10.1. The second-order valence-corrected chi connectivity index (χ2v) is 3.30. The van der Waals surface area contributed by atoms with Gasteiger partial charge in [0.25, 0.3) is 0 Å². The van der Waals surface area contributed by atoms with Gasteiger partial charge in [-0.1, -0.05) is 6.92 Å². The number of aryl methyl sites for hydroxylation is 2. The minimum atomic E-state index is 0.947. The lowest BCUT2D eigenvalue weighted by Crippen LogP contribution is -1.92. The zero-order valence-electron chi connectivity index (χ0n) is 8.41. The highest BCUT2D eigenvalue weighted by atomic mass is 15.1.